The molecule has 0 spiro atoms. The summed E-state index contributed by atoms with van der Waals surface area (Å²) in [5.74, 6) is 1.85. The summed E-state index contributed by atoms with van der Waals surface area (Å²) in [6.45, 7) is 4.41. The molecular weight excluding hydrogens is 268 g/mol. The first kappa shape index (κ1) is 14.5. The van der Waals surface area contributed by atoms with E-state index in [4.69, 9.17) is 4.52 Å². The fourth-order valence-electron chi connectivity index (χ4n) is 3.47. The van der Waals surface area contributed by atoms with Crippen LogP contribution in [0.4, 0.5) is 0 Å². The van der Waals surface area contributed by atoms with E-state index < -0.39 is 0 Å². The Morgan fingerprint density at radius 1 is 1.24 bits per heavy atom. The van der Waals surface area contributed by atoms with Gasteiger partial charge in [-0.2, -0.15) is 4.98 Å². The molecule has 1 aromatic heterocycles. The third-order valence-electron chi connectivity index (χ3n) is 4.70. The second kappa shape index (κ2) is 6.13. The number of aromatic nitrogens is 2. The second-order valence-corrected chi connectivity index (χ2v) is 6.29. The van der Waals surface area contributed by atoms with Crippen molar-refractivity contribution < 1.29 is 9.32 Å². The van der Waals surface area contributed by atoms with Crippen molar-refractivity contribution in [3.8, 4) is 0 Å². The molecule has 0 radical (unpaired) electrons. The fraction of sp³-hybridized carbons (Fsp3) is 0.800. The van der Waals surface area contributed by atoms with Gasteiger partial charge in [0.2, 0.25) is 11.8 Å². The monoisotopic (exact) mass is 292 g/mol. The highest BCUT2D eigenvalue weighted by molar-refractivity contribution is 5.82. The molecule has 6 heteroatoms. The molecule has 2 aliphatic heterocycles. The van der Waals surface area contributed by atoms with Crippen LogP contribution >= 0.6 is 0 Å². The van der Waals surface area contributed by atoms with E-state index in [0.717, 1.165) is 51.1 Å². The Labute approximate surface area is 125 Å². The van der Waals surface area contributed by atoms with Gasteiger partial charge in [-0.05, 0) is 39.3 Å². The number of rotatable bonds is 2. The maximum Gasteiger partial charge on any atom is 0.239 e. The lowest BCUT2D eigenvalue weighted by Gasteiger charge is -2.38. The van der Waals surface area contributed by atoms with E-state index in [1.54, 1.807) is 6.92 Å². The summed E-state index contributed by atoms with van der Waals surface area (Å²) in [7, 11) is 2.06. The molecule has 116 valence electrons. The molecule has 2 atom stereocenters. The SMILES string of the molecule is Cc1nc(C2CCCN(C(=O)C3CCCCN3C)C2)no1. The standard InChI is InChI=1S/C15H24N4O2/c1-11-16-14(17-21-11)12-6-5-9-19(10-12)15(20)13-7-3-4-8-18(13)2/h12-13H,3-10H2,1-2H3. The van der Waals surface area contributed by atoms with Crippen molar-refractivity contribution in [2.45, 2.75) is 51.0 Å². The Hall–Kier alpha value is -1.43. The van der Waals surface area contributed by atoms with Crippen LogP contribution in [-0.2, 0) is 4.79 Å². The number of aryl methyl sites for hydroxylation is 1. The minimum Gasteiger partial charge on any atom is -0.341 e. The van der Waals surface area contributed by atoms with Crippen LogP contribution in [0.15, 0.2) is 4.52 Å². The average molecular weight is 292 g/mol. The molecule has 0 N–H and O–H groups in total. The molecule has 0 aliphatic carbocycles. The maximum atomic E-state index is 12.8. The highest BCUT2D eigenvalue weighted by Gasteiger charge is 2.33. The fourth-order valence-corrected chi connectivity index (χ4v) is 3.47. The number of amides is 1. The van der Waals surface area contributed by atoms with E-state index in [1.165, 1.54) is 6.42 Å². The van der Waals surface area contributed by atoms with Gasteiger partial charge >= 0.3 is 0 Å². The summed E-state index contributed by atoms with van der Waals surface area (Å²) >= 11 is 0. The smallest absolute Gasteiger partial charge is 0.239 e. The Morgan fingerprint density at radius 3 is 2.81 bits per heavy atom. The third-order valence-corrected chi connectivity index (χ3v) is 4.70. The predicted molar refractivity (Wildman–Crippen MR) is 77.9 cm³/mol. The first-order chi connectivity index (χ1) is 10.1. The Balaban J connectivity index is 1.66. The number of hydrogen-bond donors (Lipinski definition) is 0. The van der Waals surface area contributed by atoms with E-state index in [-0.39, 0.29) is 17.9 Å². The number of carbonyl (C=O) groups excluding carboxylic acids is 1. The maximum absolute atomic E-state index is 12.8. The summed E-state index contributed by atoms with van der Waals surface area (Å²) in [4.78, 5) is 21.3. The lowest BCUT2D eigenvalue weighted by Crippen LogP contribution is -2.51. The molecule has 1 amide bonds. The highest BCUT2D eigenvalue weighted by atomic mass is 16.5. The number of likely N-dealkylation sites (N-methyl/N-ethyl adjacent to an activating group) is 1. The normalized spacial score (nSPS) is 27.8. The first-order valence-corrected chi connectivity index (χ1v) is 7.94. The van der Waals surface area contributed by atoms with Crippen molar-refractivity contribution in [2.75, 3.05) is 26.7 Å². The van der Waals surface area contributed by atoms with Crippen molar-refractivity contribution in [3.63, 3.8) is 0 Å². The van der Waals surface area contributed by atoms with Crippen molar-refractivity contribution in [1.29, 1.82) is 0 Å². The van der Waals surface area contributed by atoms with Gasteiger partial charge in [-0.25, -0.2) is 0 Å². The third kappa shape index (κ3) is 3.10. The number of piperidine rings is 2. The largest absolute Gasteiger partial charge is 0.341 e. The number of likely N-dealkylation sites (tertiary alicyclic amines) is 2. The van der Waals surface area contributed by atoms with E-state index in [0.29, 0.717) is 5.89 Å². The van der Waals surface area contributed by atoms with E-state index >= 15 is 0 Å². The molecule has 0 saturated carbocycles. The Morgan fingerprint density at radius 2 is 2.10 bits per heavy atom. The van der Waals surface area contributed by atoms with Gasteiger partial charge in [0, 0.05) is 25.9 Å². The number of carbonyl (C=O) groups is 1. The molecule has 2 saturated heterocycles. The summed E-state index contributed by atoms with van der Waals surface area (Å²) in [5, 5.41) is 4.03. The second-order valence-electron chi connectivity index (χ2n) is 6.29. The van der Waals surface area contributed by atoms with E-state index in [9.17, 15) is 4.79 Å². The predicted octanol–water partition coefficient (Wildman–Crippen LogP) is 1.57. The van der Waals surface area contributed by atoms with Gasteiger partial charge in [-0.1, -0.05) is 11.6 Å². The van der Waals surface area contributed by atoms with Crippen molar-refractivity contribution in [3.05, 3.63) is 11.7 Å². The van der Waals surface area contributed by atoms with Crippen LogP contribution in [0.5, 0.6) is 0 Å². The van der Waals surface area contributed by atoms with Crippen molar-refractivity contribution >= 4 is 5.91 Å². The highest BCUT2D eigenvalue weighted by Crippen LogP contribution is 2.27. The Kier molecular flexibility index (Phi) is 4.24. The minimum absolute atomic E-state index is 0.0597. The first-order valence-electron chi connectivity index (χ1n) is 7.94. The molecule has 2 fully saturated rings. The van der Waals surface area contributed by atoms with Gasteiger partial charge in [0.1, 0.15) is 0 Å². The lowest BCUT2D eigenvalue weighted by atomic mass is 9.95. The zero-order valence-electron chi connectivity index (χ0n) is 12.9. The molecule has 2 unspecified atom stereocenters. The van der Waals surface area contributed by atoms with E-state index in [1.807, 2.05) is 4.90 Å². The molecule has 0 bridgehead atoms. The number of nitrogens with zero attached hydrogens (tertiary/aromatic N) is 4. The van der Waals surface area contributed by atoms with Crippen LogP contribution in [0.2, 0.25) is 0 Å². The van der Waals surface area contributed by atoms with Crippen molar-refractivity contribution in [1.82, 2.24) is 19.9 Å². The summed E-state index contributed by atoms with van der Waals surface area (Å²) in [6, 6.07) is 0.0597. The van der Waals surface area contributed by atoms with Crippen LogP contribution in [0.25, 0.3) is 0 Å². The van der Waals surface area contributed by atoms with Gasteiger partial charge in [0.15, 0.2) is 5.82 Å². The van der Waals surface area contributed by atoms with Crippen LogP contribution in [0.1, 0.15) is 49.7 Å². The zero-order valence-corrected chi connectivity index (χ0v) is 12.9. The number of hydrogen-bond acceptors (Lipinski definition) is 5. The lowest BCUT2D eigenvalue weighted by molar-refractivity contribution is -0.138. The summed E-state index contributed by atoms with van der Waals surface area (Å²) in [5.41, 5.74) is 0. The molecule has 2 aliphatic rings. The zero-order chi connectivity index (χ0) is 14.8. The van der Waals surface area contributed by atoms with Crippen LogP contribution in [0, 0.1) is 6.92 Å². The molecular formula is C15H24N4O2. The Bertz CT molecular complexity index is 502. The minimum atomic E-state index is 0.0597. The van der Waals surface area contributed by atoms with Crippen LogP contribution < -0.4 is 0 Å². The molecule has 3 heterocycles. The average Bonchev–Trinajstić information content (AvgIpc) is 2.94. The van der Waals surface area contributed by atoms with Gasteiger partial charge in [-0.15, -0.1) is 0 Å². The topological polar surface area (TPSA) is 62.5 Å². The molecule has 3 rings (SSSR count). The van der Waals surface area contributed by atoms with Gasteiger partial charge in [0.05, 0.1) is 6.04 Å². The van der Waals surface area contributed by atoms with Crippen molar-refractivity contribution in [2.24, 2.45) is 0 Å². The van der Waals surface area contributed by atoms with Crippen LogP contribution in [0.3, 0.4) is 0 Å². The quantitative estimate of drug-likeness (QED) is 0.828. The van der Waals surface area contributed by atoms with Gasteiger partial charge in [-0.3, -0.25) is 9.69 Å². The summed E-state index contributed by atoms with van der Waals surface area (Å²) in [6.07, 6.45) is 5.38. The molecule has 0 aromatic carbocycles. The van der Waals surface area contributed by atoms with Gasteiger partial charge < -0.3 is 9.42 Å². The molecule has 1 aromatic rings. The molecule has 6 nitrogen and oxygen atoms in total. The van der Waals surface area contributed by atoms with Crippen LogP contribution in [-0.4, -0.2) is 58.6 Å². The summed E-state index contributed by atoms with van der Waals surface area (Å²) < 4.78 is 5.07. The van der Waals surface area contributed by atoms with Gasteiger partial charge in [0.25, 0.3) is 0 Å². The van der Waals surface area contributed by atoms with E-state index in [2.05, 4.69) is 22.1 Å². The molecule has 21 heavy (non-hydrogen) atoms.